The predicted molar refractivity (Wildman–Crippen MR) is 94.9 cm³/mol. The van der Waals surface area contributed by atoms with Crippen molar-refractivity contribution in [3.8, 4) is 0 Å². The number of aromatic nitrogens is 2. The van der Waals surface area contributed by atoms with E-state index in [-0.39, 0.29) is 24.3 Å². The summed E-state index contributed by atoms with van der Waals surface area (Å²) in [5, 5.41) is 9.59. The maximum Gasteiger partial charge on any atom is 0.234 e. The van der Waals surface area contributed by atoms with Crippen LogP contribution < -0.4 is 10.6 Å². The molecule has 2 aromatic rings. The van der Waals surface area contributed by atoms with Crippen LogP contribution >= 0.6 is 0 Å². The van der Waals surface area contributed by atoms with Gasteiger partial charge in [0.05, 0.1) is 12.2 Å². The monoisotopic (exact) mass is 341 g/mol. The van der Waals surface area contributed by atoms with Gasteiger partial charge in [0.1, 0.15) is 12.2 Å². The zero-order valence-corrected chi connectivity index (χ0v) is 14.3. The molecule has 1 aromatic carbocycles. The molecule has 7 heteroatoms. The number of amides is 2. The van der Waals surface area contributed by atoms with Crippen LogP contribution in [0.4, 0.5) is 5.82 Å². The predicted octanol–water partition coefficient (Wildman–Crippen LogP) is 1.40. The summed E-state index contributed by atoms with van der Waals surface area (Å²) in [7, 11) is 1.51. The summed E-state index contributed by atoms with van der Waals surface area (Å²) in [5.74, 6) is -0.000768. The van der Waals surface area contributed by atoms with Crippen molar-refractivity contribution >= 4 is 17.6 Å². The van der Waals surface area contributed by atoms with E-state index in [1.807, 2.05) is 10.7 Å². The molecule has 1 atom stereocenters. The lowest BCUT2D eigenvalue weighted by Crippen LogP contribution is -2.26. The van der Waals surface area contributed by atoms with E-state index in [9.17, 15) is 9.59 Å². The first-order valence-corrected chi connectivity index (χ1v) is 8.46. The lowest BCUT2D eigenvalue weighted by Gasteiger charge is -2.18. The molecule has 25 heavy (non-hydrogen) atoms. The minimum absolute atomic E-state index is 0.188. The van der Waals surface area contributed by atoms with Crippen molar-refractivity contribution in [2.75, 3.05) is 25.5 Å². The second-order valence-corrected chi connectivity index (χ2v) is 6.22. The van der Waals surface area contributed by atoms with Crippen LogP contribution in [0.15, 0.2) is 42.6 Å². The van der Waals surface area contributed by atoms with Crippen molar-refractivity contribution < 1.29 is 9.59 Å². The van der Waals surface area contributed by atoms with Crippen LogP contribution in [0, 0.1) is 0 Å². The van der Waals surface area contributed by atoms with E-state index in [1.165, 1.54) is 12.6 Å². The third kappa shape index (κ3) is 4.45. The van der Waals surface area contributed by atoms with Gasteiger partial charge in [-0.1, -0.05) is 30.3 Å². The van der Waals surface area contributed by atoms with Crippen molar-refractivity contribution in [2.45, 2.75) is 25.4 Å². The Bertz CT molecular complexity index is 728. The summed E-state index contributed by atoms with van der Waals surface area (Å²) in [4.78, 5) is 25.6. The van der Waals surface area contributed by atoms with Crippen LogP contribution in [0.1, 0.15) is 24.4 Å². The van der Waals surface area contributed by atoms with Crippen LogP contribution in [-0.4, -0.2) is 46.6 Å². The number of hydrogen-bond donors (Lipinski definition) is 2. The molecule has 1 unspecified atom stereocenters. The summed E-state index contributed by atoms with van der Waals surface area (Å²) < 4.78 is 1.85. The van der Waals surface area contributed by atoms with E-state index >= 15 is 0 Å². The molecule has 2 N–H and O–H groups in total. The Kier molecular flexibility index (Phi) is 5.45. The molecule has 0 saturated carbocycles. The largest absolute Gasteiger partial charge is 0.359 e. The average Bonchev–Trinajstić information content (AvgIpc) is 3.24. The minimum Gasteiger partial charge on any atom is -0.359 e. The van der Waals surface area contributed by atoms with Crippen molar-refractivity contribution in [3.63, 3.8) is 0 Å². The second-order valence-electron chi connectivity index (χ2n) is 6.22. The zero-order valence-electron chi connectivity index (χ0n) is 14.3. The molecule has 0 aliphatic carbocycles. The Hall–Kier alpha value is -2.67. The topological polar surface area (TPSA) is 79.3 Å². The van der Waals surface area contributed by atoms with Crippen molar-refractivity contribution in [1.82, 2.24) is 20.0 Å². The molecular formula is C18H23N5O2. The molecule has 3 rings (SSSR count). The molecule has 2 amide bonds. The van der Waals surface area contributed by atoms with Crippen molar-refractivity contribution in [2.24, 2.45) is 0 Å². The first-order chi connectivity index (χ1) is 12.2. The van der Waals surface area contributed by atoms with Gasteiger partial charge in [-0.05, 0) is 12.0 Å². The zero-order chi connectivity index (χ0) is 17.6. The Morgan fingerprint density at radius 3 is 2.76 bits per heavy atom. The van der Waals surface area contributed by atoms with Gasteiger partial charge in [-0.2, -0.15) is 5.10 Å². The molecule has 0 spiro atoms. The number of benzene rings is 1. The number of anilines is 1. The first-order valence-electron chi connectivity index (χ1n) is 8.46. The lowest BCUT2D eigenvalue weighted by atomic mass is 10.2. The molecule has 1 aliphatic heterocycles. The summed E-state index contributed by atoms with van der Waals surface area (Å²) in [6.07, 6.45) is 2.47. The molecule has 2 heterocycles. The minimum atomic E-state index is -0.333. The normalized spacial score (nSPS) is 17.4. The Labute approximate surface area is 147 Å². The smallest absolute Gasteiger partial charge is 0.234 e. The SMILES string of the molecule is CNC(=O)CC(=O)Nc1ccnn1C1CCN(Cc2ccccc2)C1. The van der Waals surface area contributed by atoms with Gasteiger partial charge in [-0.25, -0.2) is 4.68 Å². The molecule has 1 fully saturated rings. The molecule has 0 radical (unpaired) electrons. The van der Waals surface area contributed by atoms with Gasteiger partial charge < -0.3 is 10.6 Å². The van der Waals surface area contributed by atoms with E-state index in [4.69, 9.17) is 0 Å². The number of hydrogen-bond acceptors (Lipinski definition) is 4. The molecule has 0 bridgehead atoms. The van der Waals surface area contributed by atoms with Gasteiger partial charge in [-0.3, -0.25) is 14.5 Å². The molecule has 132 valence electrons. The highest BCUT2D eigenvalue weighted by atomic mass is 16.2. The highest BCUT2D eigenvalue weighted by Crippen LogP contribution is 2.25. The van der Waals surface area contributed by atoms with Gasteiger partial charge in [-0.15, -0.1) is 0 Å². The van der Waals surface area contributed by atoms with Gasteiger partial charge >= 0.3 is 0 Å². The Morgan fingerprint density at radius 2 is 2.00 bits per heavy atom. The number of rotatable bonds is 6. The van der Waals surface area contributed by atoms with Crippen LogP contribution in [0.2, 0.25) is 0 Å². The maximum absolute atomic E-state index is 11.9. The summed E-state index contributed by atoms with van der Waals surface area (Å²) in [6.45, 7) is 2.79. The maximum atomic E-state index is 11.9. The quantitative estimate of drug-likeness (QED) is 0.779. The van der Waals surface area contributed by atoms with E-state index in [0.29, 0.717) is 5.82 Å². The summed E-state index contributed by atoms with van der Waals surface area (Å²) >= 11 is 0. The van der Waals surface area contributed by atoms with Crippen molar-refractivity contribution in [1.29, 1.82) is 0 Å². The third-order valence-electron chi connectivity index (χ3n) is 4.38. The van der Waals surface area contributed by atoms with E-state index in [0.717, 1.165) is 26.1 Å². The van der Waals surface area contributed by atoms with Gasteiger partial charge in [0.2, 0.25) is 11.8 Å². The summed E-state index contributed by atoms with van der Waals surface area (Å²) in [5.41, 5.74) is 1.29. The van der Waals surface area contributed by atoms with Gasteiger partial charge in [0.25, 0.3) is 0 Å². The molecule has 1 aliphatic rings. The fourth-order valence-corrected chi connectivity index (χ4v) is 3.12. The van der Waals surface area contributed by atoms with Crippen LogP contribution in [0.5, 0.6) is 0 Å². The number of carbonyl (C=O) groups is 2. The highest BCUT2D eigenvalue weighted by Gasteiger charge is 2.26. The first kappa shape index (κ1) is 17.2. The molecule has 1 saturated heterocycles. The fourth-order valence-electron chi connectivity index (χ4n) is 3.12. The second kappa shape index (κ2) is 7.94. The lowest BCUT2D eigenvalue weighted by molar-refractivity contribution is -0.126. The number of carbonyl (C=O) groups excluding carboxylic acids is 2. The van der Waals surface area contributed by atoms with Crippen molar-refractivity contribution in [3.05, 3.63) is 48.2 Å². The number of nitrogens with one attached hydrogen (secondary N) is 2. The molecular weight excluding hydrogens is 318 g/mol. The summed E-state index contributed by atoms with van der Waals surface area (Å²) in [6, 6.07) is 12.4. The van der Waals surface area contributed by atoms with E-state index < -0.39 is 0 Å². The number of likely N-dealkylation sites (tertiary alicyclic amines) is 1. The van der Waals surface area contributed by atoms with Gasteiger partial charge in [0.15, 0.2) is 0 Å². The van der Waals surface area contributed by atoms with Crippen LogP contribution in [0.25, 0.3) is 0 Å². The Morgan fingerprint density at radius 1 is 1.20 bits per heavy atom. The Balaban J connectivity index is 1.59. The average molecular weight is 341 g/mol. The van der Waals surface area contributed by atoms with E-state index in [1.54, 1.807) is 12.3 Å². The number of nitrogens with zero attached hydrogens (tertiary/aromatic N) is 3. The van der Waals surface area contributed by atoms with Crippen LogP contribution in [0.3, 0.4) is 0 Å². The molecule has 7 nitrogen and oxygen atoms in total. The fraction of sp³-hybridized carbons (Fsp3) is 0.389. The molecule has 1 aromatic heterocycles. The van der Waals surface area contributed by atoms with Gasteiger partial charge in [0, 0.05) is 32.7 Å². The standard InChI is InChI=1S/C18H23N5O2/c1-19-17(24)11-18(25)21-16-7-9-20-23(16)15-8-10-22(13-15)12-14-5-3-2-4-6-14/h2-7,9,15H,8,10-13H2,1H3,(H,19,24)(H,21,25). The van der Waals surface area contributed by atoms with E-state index in [2.05, 4.69) is 44.9 Å². The third-order valence-corrected chi connectivity index (χ3v) is 4.38. The van der Waals surface area contributed by atoms with Crippen LogP contribution in [-0.2, 0) is 16.1 Å². The highest BCUT2D eigenvalue weighted by molar-refractivity contribution is 6.03.